The van der Waals surface area contributed by atoms with Crippen LogP contribution in [0.25, 0.3) is 0 Å². The van der Waals surface area contributed by atoms with Crippen molar-refractivity contribution in [2.45, 2.75) is 44.6 Å². The molecule has 0 aliphatic heterocycles. The van der Waals surface area contributed by atoms with E-state index in [1.54, 1.807) is 7.11 Å². The zero-order chi connectivity index (χ0) is 14.0. The predicted octanol–water partition coefficient (Wildman–Crippen LogP) is 1.41. The molecule has 19 heavy (non-hydrogen) atoms. The van der Waals surface area contributed by atoms with Gasteiger partial charge in [0.25, 0.3) is 5.91 Å². The van der Waals surface area contributed by atoms with Crippen molar-refractivity contribution in [1.29, 1.82) is 0 Å². The molecule has 1 aromatic heterocycles. The number of nitrogens with two attached hydrogens (primary N) is 1. The first-order chi connectivity index (χ1) is 8.99. The molecular formula is C13H22N4O2. The van der Waals surface area contributed by atoms with Crippen molar-refractivity contribution < 1.29 is 9.53 Å². The second-order valence-corrected chi connectivity index (χ2v) is 5.48. The molecule has 2 rings (SSSR count). The van der Waals surface area contributed by atoms with E-state index in [1.165, 1.54) is 0 Å². The molecule has 0 aromatic carbocycles. The Hall–Kier alpha value is -1.56. The van der Waals surface area contributed by atoms with Gasteiger partial charge in [-0.25, -0.2) is 0 Å². The van der Waals surface area contributed by atoms with Crippen LogP contribution in [-0.4, -0.2) is 35.4 Å². The Morgan fingerprint density at radius 3 is 2.68 bits per heavy atom. The van der Waals surface area contributed by atoms with Crippen molar-refractivity contribution >= 4 is 11.6 Å². The minimum Gasteiger partial charge on any atom is -0.395 e. The van der Waals surface area contributed by atoms with Gasteiger partial charge in [-0.05, 0) is 25.2 Å². The van der Waals surface area contributed by atoms with Gasteiger partial charge in [0.1, 0.15) is 0 Å². The molecule has 1 amide bonds. The Labute approximate surface area is 113 Å². The first-order valence-electron chi connectivity index (χ1n) is 6.66. The highest BCUT2D eigenvalue weighted by Crippen LogP contribution is 2.34. The van der Waals surface area contributed by atoms with Crippen LogP contribution in [0.15, 0.2) is 0 Å². The van der Waals surface area contributed by atoms with E-state index in [1.807, 2.05) is 13.8 Å². The van der Waals surface area contributed by atoms with E-state index in [9.17, 15) is 4.79 Å². The molecule has 106 valence electrons. The number of carbonyl (C=O) groups is 1. The highest BCUT2D eigenvalue weighted by atomic mass is 16.5. The summed E-state index contributed by atoms with van der Waals surface area (Å²) in [5.41, 5.74) is 7.26. The average Bonchev–Trinajstić information content (AvgIpc) is 2.70. The fourth-order valence-electron chi connectivity index (χ4n) is 2.33. The van der Waals surface area contributed by atoms with Gasteiger partial charge in [-0.1, -0.05) is 13.8 Å². The normalized spacial score (nSPS) is 17.3. The first-order valence-corrected chi connectivity index (χ1v) is 6.66. The van der Waals surface area contributed by atoms with Crippen molar-refractivity contribution in [1.82, 2.24) is 15.5 Å². The second-order valence-electron chi connectivity index (χ2n) is 5.48. The van der Waals surface area contributed by atoms with Gasteiger partial charge in [0.2, 0.25) is 0 Å². The van der Waals surface area contributed by atoms with Crippen LogP contribution in [0.2, 0.25) is 0 Å². The Balaban J connectivity index is 2.00. The van der Waals surface area contributed by atoms with E-state index in [-0.39, 0.29) is 23.1 Å². The molecule has 0 atom stereocenters. The third-order valence-electron chi connectivity index (χ3n) is 3.89. The Morgan fingerprint density at radius 1 is 1.58 bits per heavy atom. The summed E-state index contributed by atoms with van der Waals surface area (Å²) in [5.74, 6) is -0.0324. The molecule has 0 spiro atoms. The molecule has 1 aromatic rings. The number of anilines is 1. The number of nitrogens with zero attached hydrogens (tertiary/aromatic N) is 1. The summed E-state index contributed by atoms with van der Waals surface area (Å²) < 4.78 is 5.46. The number of hydrogen-bond acceptors (Lipinski definition) is 4. The van der Waals surface area contributed by atoms with E-state index in [2.05, 4.69) is 15.5 Å². The number of amides is 1. The number of hydrogen-bond donors (Lipinski definition) is 3. The van der Waals surface area contributed by atoms with Gasteiger partial charge in [0, 0.05) is 13.7 Å². The lowest BCUT2D eigenvalue weighted by Gasteiger charge is -2.40. The number of carbonyl (C=O) groups excluding carboxylic acids is 1. The van der Waals surface area contributed by atoms with Crippen LogP contribution >= 0.6 is 0 Å². The highest BCUT2D eigenvalue weighted by molar-refractivity contribution is 5.97. The molecule has 0 saturated heterocycles. The van der Waals surface area contributed by atoms with E-state index < -0.39 is 0 Å². The van der Waals surface area contributed by atoms with Crippen molar-refractivity contribution in [2.75, 3.05) is 19.4 Å². The van der Waals surface area contributed by atoms with E-state index in [0.29, 0.717) is 12.2 Å². The van der Waals surface area contributed by atoms with Crippen LogP contribution in [0.1, 0.15) is 55.2 Å². The molecule has 4 N–H and O–H groups in total. The number of rotatable bonds is 5. The maximum atomic E-state index is 12.1. The molecule has 1 aliphatic rings. The summed E-state index contributed by atoms with van der Waals surface area (Å²) in [6.45, 7) is 4.51. The molecule has 6 heteroatoms. The molecule has 1 saturated carbocycles. The Bertz CT molecular complexity index is 458. The number of ether oxygens (including phenoxy) is 1. The van der Waals surface area contributed by atoms with Crippen molar-refractivity contribution in [3.05, 3.63) is 11.4 Å². The van der Waals surface area contributed by atoms with E-state index in [4.69, 9.17) is 10.5 Å². The molecular weight excluding hydrogens is 244 g/mol. The lowest BCUT2D eigenvalue weighted by atomic mass is 9.80. The van der Waals surface area contributed by atoms with Gasteiger partial charge in [0.15, 0.2) is 5.69 Å². The van der Waals surface area contributed by atoms with E-state index in [0.717, 1.165) is 25.0 Å². The van der Waals surface area contributed by atoms with Crippen LogP contribution in [0, 0.1) is 0 Å². The molecule has 1 heterocycles. The van der Waals surface area contributed by atoms with Crippen LogP contribution in [0.3, 0.4) is 0 Å². The molecule has 0 radical (unpaired) electrons. The summed E-state index contributed by atoms with van der Waals surface area (Å²) in [6.07, 6.45) is 3.11. The van der Waals surface area contributed by atoms with Crippen LogP contribution in [-0.2, 0) is 4.74 Å². The molecule has 6 nitrogen and oxygen atoms in total. The summed E-state index contributed by atoms with van der Waals surface area (Å²) in [7, 11) is 1.69. The topological polar surface area (TPSA) is 93.0 Å². The summed E-state index contributed by atoms with van der Waals surface area (Å²) in [5, 5.41) is 9.69. The van der Waals surface area contributed by atoms with Gasteiger partial charge in [-0.15, -0.1) is 0 Å². The van der Waals surface area contributed by atoms with E-state index >= 15 is 0 Å². The number of aromatic nitrogens is 2. The average molecular weight is 266 g/mol. The maximum absolute atomic E-state index is 12.1. The van der Waals surface area contributed by atoms with Gasteiger partial charge in [-0.3, -0.25) is 9.89 Å². The first kappa shape index (κ1) is 13.9. The van der Waals surface area contributed by atoms with Crippen LogP contribution < -0.4 is 11.1 Å². The SMILES string of the molecule is COC1(CNC(=O)c2n[nH]c(C(C)C)c2N)CCC1. The van der Waals surface area contributed by atoms with Gasteiger partial charge >= 0.3 is 0 Å². The number of nitrogens with one attached hydrogen (secondary N) is 2. The third kappa shape index (κ3) is 2.58. The minimum atomic E-state index is -0.246. The van der Waals surface area contributed by atoms with Crippen molar-refractivity contribution in [3.8, 4) is 0 Å². The number of nitrogen functional groups attached to an aromatic ring is 1. The van der Waals surface area contributed by atoms with Gasteiger partial charge in [-0.2, -0.15) is 5.10 Å². The Morgan fingerprint density at radius 2 is 2.26 bits per heavy atom. The smallest absolute Gasteiger partial charge is 0.274 e. The Kier molecular flexibility index (Phi) is 3.80. The molecule has 0 unspecified atom stereocenters. The monoisotopic (exact) mass is 266 g/mol. The standard InChI is InChI=1S/C13H22N4O2/c1-8(2)10-9(14)11(17-16-10)12(18)15-7-13(19-3)5-4-6-13/h8H,4-7,14H2,1-3H3,(H,15,18)(H,16,17). The molecule has 0 bridgehead atoms. The van der Waals surface area contributed by atoms with Gasteiger partial charge < -0.3 is 15.8 Å². The maximum Gasteiger partial charge on any atom is 0.274 e. The van der Waals surface area contributed by atoms with Crippen molar-refractivity contribution in [3.63, 3.8) is 0 Å². The third-order valence-corrected chi connectivity index (χ3v) is 3.89. The fourth-order valence-corrected chi connectivity index (χ4v) is 2.33. The summed E-state index contributed by atoms with van der Waals surface area (Å²) >= 11 is 0. The largest absolute Gasteiger partial charge is 0.395 e. The van der Waals surface area contributed by atoms with Gasteiger partial charge in [0.05, 0.1) is 17.0 Å². The number of aromatic amines is 1. The molecule has 1 fully saturated rings. The van der Waals surface area contributed by atoms with Crippen LogP contribution in [0.5, 0.6) is 0 Å². The molecule has 1 aliphatic carbocycles. The zero-order valence-electron chi connectivity index (χ0n) is 11.7. The van der Waals surface area contributed by atoms with Crippen molar-refractivity contribution in [2.24, 2.45) is 0 Å². The lowest BCUT2D eigenvalue weighted by Crippen LogP contribution is -2.49. The quantitative estimate of drug-likeness (QED) is 0.751. The number of methoxy groups -OCH3 is 1. The zero-order valence-corrected chi connectivity index (χ0v) is 11.7. The highest BCUT2D eigenvalue weighted by Gasteiger charge is 2.37. The number of H-pyrrole nitrogens is 1. The minimum absolute atomic E-state index is 0.193. The second kappa shape index (κ2) is 5.21. The summed E-state index contributed by atoms with van der Waals surface area (Å²) in [4.78, 5) is 12.1. The van der Waals surface area contributed by atoms with Crippen LogP contribution in [0.4, 0.5) is 5.69 Å². The predicted molar refractivity (Wildman–Crippen MR) is 73.0 cm³/mol. The lowest BCUT2D eigenvalue weighted by molar-refractivity contribution is -0.0679. The summed E-state index contributed by atoms with van der Waals surface area (Å²) in [6, 6.07) is 0. The fraction of sp³-hybridized carbons (Fsp3) is 0.692.